The first-order valence-corrected chi connectivity index (χ1v) is 7.33. The van der Waals surface area contributed by atoms with Gasteiger partial charge >= 0.3 is 0 Å². The molecule has 19 heavy (non-hydrogen) atoms. The molecule has 0 spiro atoms. The van der Waals surface area contributed by atoms with Crippen LogP contribution in [0.15, 0.2) is 29.6 Å². The van der Waals surface area contributed by atoms with Gasteiger partial charge in [0.25, 0.3) is 0 Å². The van der Waals surface area contributed by atoms with Crippen LogP contribution in [0.2, 0.25) is 0 Å². The molecule has 0 radical (unpaired) electrons. The Balaban J connectivity index is 2.13. The van der Waals surface area contributed by atoms with Gasteiger partial charge in [-0.3, -0.25) is 0 Å². The third-order valence-corrected chi connectivity index (χ3v) is 3.20. The Bertz CT molecular complexity index is 526. The van der Waals surface area contributed by atoms with Gasteiger partial charge in [-0.05, 0) is 52.0 Å². The van der Waals surface area contributed by atoms with Crippen molar-refractivity contribution in [3.8, 4) is 17.0 Å². The SMILES string of the molecule is CCOc1ccc(-c2csc(NC(C)(C)C)n2)cc1. The first-order valence-electron chi connectivity index (χ1n) is 6.45. The number of nitrogens with zero attached hydrogens (tertiary/aromatic N) is 1. The van der Waals surface area contributed by atoms with E-state index in [1.54, 1.807) is 11.3 Å². The number of rotatable bonds is 4. The molecule has 1 aromatic carbocycles. The fraction of sp³-hybridized carbons (Fsp3) is 0.400. The van der Waals surface area contributed by atoms with Gasteiger partial charge in [0, 0.05) is 16.5 Å². The summed E-state index contributed by atoms with van der Waals surface area (Å²) in [6.07, 6.45) is 0. The molecule has 102 valence electrons. The summed E-state index contributed by atoms with van der Waals surface area (Å²) in [7, 11) is 0. The summed E-state index contributed by atoms with van der Waals surface area (Å²) in [5.74, 6) is 0.898. The van der Waals surface area contributed by atoms with Crippen LogP contribution >= 0.6 is 11.3 Å². The van der Waals surface area contributed by atoms with Gasteiger partial charge in [0.2, 0.25) is 0 Å². The zero-order chi connectivity index (χ0) is 13.9. The average Bonchev–Trinajstić information content (AvgIpc) is 2.76. The number of thiazole rings is 1. The zero-order valence-electron chi connectivity index (χ0n) is 11.9. The second-order valence-corrected chi connectivity index (χ2v) is 6.23. The summed E-state index contributed by atoms with van der Waals surface area (Å²) < 4.78 is 5.44. The molecule has 0 saturated carbocycles. The van der Waals surface area contributed by atoms with Crippen LogP contribution < -0.4 is 10.1 Å². The van der Waals surface area contributed by atoms with Crippen LogP contribution in [-0.4, -0.2) is 17.1 Å². The molecule has 0 saturated heterocycles. The molecule has 0 bridgehead atoms. The molecule has 1 N–H and O–H groups in total. The molecule has 0 unspecified atom stereocenters. The van der Waals surface area contributed by atoms with Gasteiger partial charge in [-0.1, -0.05) is 0 Å². The standard InChI is InChI=1S/C15H20N2OS/c1-5-18-12-8-6-11(7-9-12)13-10-19-14(16-13)17-15(2,3)4/h6-10H,5H2,1-4H3,(H,16,17). The highest BCUT2D eigenvalue weighted by atomic mass is 32.1. The van der Waals surface area contributed by atoms with E-state index in [0.717, 1.165) is 22.1 Å². The third kappa shape index (κ3) is 3.96. The number of hydrogen-bond donors (Lipinski definition) is 1. The number of anilines is 1. The van der Waals surface area contributed by atoms with E-state index in [0.29, 0.717) is 6.61 Å². The van der Waals surface area contributed by atoms with Gasteiger partial charge < -0.3 is 10.1 Å². The van der Waals surface area contributed by atoms with Crippen LogP contribution in [0.5, 0.6) is 5.75 Å². The molecule has 0 aliphatic rings. The van der Waals surface area contributed by atoms with Crippen molar-refractivity contribution in [2.24, 2.45) is 0 Å². The van der Waals surface area contributed by atoms with Crippen LogP contribution in [0.4, 0.5) is 5.13 Å². The van der Waals surface area contributed by atoms with Gasteiger partial charge in [0.1, 0.15) is 5.75 Å². The second kappa shape index (κ2) is 5.61. The monoisotopic (exact) mass is 276 g/mol. The first-order chi connectivity index (χ1) is 8.98. The minimum atomic E-state index is 0.0357. The summed E-state index contributed by atoms with van der Waals surface area (Å²) in [5.41, 5.74) is 2.15. The maximum Gasteiger partial charge on any atom is 0.183 e. The highest BCUT2D eigenvalue weighted by Crippen LogP contribution is 2.27. The lowest BCUT2D eigenvalue weighted by Crippen LogP contribution is -2.25. The molecule has 1 heterocycles. The number of ether oxygens (including phenoxy) is 1. The minimum absolute atomic E-state index is 0.0357. The van der Waals surface area contributed by atoms with Gasteiger partial charge in [-0.15, -0.1) is 11.3 Å². The number of benzene rings is 1. The van der Waals surface area contributed by atoms with E-state index in [2.05, 4.69) is 36.5 Å². The zero-order valence-corrected chi connectivity index (χ0v) is 12.7. The van der Waals surface area contributed by atoms with E-state index in [4.69, 9.17) is 4.74 Å². The Hall–Kier alpha value is -1.55. The molecule has 0 aliphatic carbocycles. The Morgan fingerprint density at radius 3 is 2.47 bits per heavy atom. The fourth-order valence-corrected chi connectivity index (χ4v) is 2.60. The lowest BCUT2D eigenvalue weighted by atomic mass is 10.1. The van der Waals surface area contributed by atoms with Crippen molar-refractivity contribution >= 4 is 16.5 Å². The quantitative estimate of drug-likeness (QED) is 0.897. The molecule has 2 aromatic rings. The molecule has 4 heteroatoms. The normalized spacial score (nSPS) is 11.4. The predicted molar refractivity (Wildman–Crippen MR) is 82.1 cm³/mol. The molecule has 0 atom stereocenters. The maximum atomic E-state index is 5.44. The molecule has 0 aliphatic heterocycles. The lowest BCUT2D eigenvalue weighted by Gasteiger charge is -2.19. The third-order valence-electron chi connectivity index (χ3n) is 2.45. The summed E-state index contributed by atoms with van der Waals surface area (Å²) >= 11 is 1.63. The molecular formula is C15H20N2OS. The summed E-state index contributed by atoms with van der Waals surface area (Å²) in [4.78, 5) is 4.61. The summed E-state index contributed by atoms with van der Waals surface area (Å²) in [6.45, 7) is 9.06. The maximum absolute atomic E-state index is 5.44. The van der Waals surface area contributed by atoms with Crippen molar-refractivity contribution in [1.82, 2.24) is 4.98 Å². The van der Waals surface area contributed by atoms with E-state index in [9.17, 15) is 0 Å². The molecule has 0 fully saturated rings. The Labute approximate surface area is 118 Å². The number of aromatic nitrogens is 1. The second-order valence-electron chi connectivity index (χ2n) is 5.37. The van der Waals surface area contributed by atoms with Crippen molar-refractivity contribution in [3.63, 3.8) is 0 Å². The highest BCUT2D eigenvalue weighted by molar-refractivity contribution is 7.14. The summed E-state index contributed by atoms with van der Waals surface area (Å²) in [6, 6.07) is 8.05. The number of nitrogens with one attached hydrogen (secondary N) is 1. The highest BCUT2D eigenvalue weighted by Gasteiger charge is 2.12. The van der Waals surface area contributed by atoms with E-state index in [1.165, 1.54) is 0 Å². The van der Waals surface area contributed by atoms with Crippen LogP contribution in [0.1, 0.15) is 27.7 Å². The largest absolute Gasteiger partial charge is 0.494 e. The molecule has 0 amide bonds. The first kappa shape index (κ1) is 13.9. The van der Waals surface area contributed by atoms with Crippen molar-refractivity contribution in [2.45, 2.75) is 33.2 Å². The van der Waals surface area contributed by atoms with E-state index >= 15 is 0 Å². The Morgan fingerprint density at radius 2 is 1.89 bits per heavy atom. The van der Waals surface area contributed by atoms with Crippen LogP contribution in [0.25, 0.3) is 11.3 Å². The van der Waals surface area contributed by atoms with Crippen molar-refractivity contribution < 1.29 is 4.74 Å². The van der Waals surface area contributed by atoms with Crippen LogP contribution in [0, 0.1) is 0 Å². The van der Waals surface area contributed by atoms with Gasteiger partial charge in [-0.2, -0.15) is 0 Å². The Morgan fingerprint density at radius 1 is 1.21 bits per heavy atom. The van der Waals surface area contributed by atoms with Crippen molar-refractivity contribution in [3.05, 3.63) is 29.6 Å². The fourth-order valence-electron chi connectivity index (χ4n) is 1.67. The van der Waals surface area contributed by atoms with Crippen LogP contribution in [0.3, 0.4) is 0 Å². The van der Waals surface area contributed by atoms with E-state index in [-0.39, 0.29) is 5.54 Å². The average molecular weight is 276 g/mol. The predicted octanol–water partition coefficient (Wildman–Crippen LogP) is 4.42. The van der Waals surface area contributed by atoms with E-state index < -0.39 is 0 Å². The Kier molecular flexibility index (Phi) is 4.10. The van der Waals surface area contributed by atoms with Crippen LogP contribution in [-0.2, 0) is 0 Å². The van der Waals surface area contributed by atoms with E-state index in [1.807, 2.05) is 31.2 Å². The van der Waals surface area contributed by atoms with Gasteiger partial charge in [-0.25, -0.2) is 4.98 Å². The number of hydrogen-bond acceptors (Lipinski definition) is 4. The lowest BCUT2D eigenvalue weighted by molar-refractivity contribution is 0.340. The molecule has 2 rings (SSSR count). The smallest absolute Gasteiger partial charge is 0.183 e. The van der Waals surface area contributed by atoms with Crippen molar-refractivity contribution in [2.75, 3.05) is 11.9 Å². The van der Waals surface area contributed by atoms with Gasteiger partial charge in [0.15, 0.2) is 5.13 Å². The van der Waals surface area contributed by atoms with Gasteiger partial charge in [0.05, 0.1) is 12.3 Å². The summed E-state index contributed by atoms with van der Waals surface area (Å²) in [5, 5.41) is 6.41. The molecule has 3 nitrogen and oxygen atoms in total. The van der Waals surface area contributed by atoms with Crippen molar-refractivity contribution in [1.29, 1.82) is 0 Å². The molecule has 1 aromatic heterocycles. The minimum Gasteiger partial charge on any atom is -0.494 e. The molecular weight excluding hydrogens is 256 g/mol. The topological polar surface area (TPSA) is 34.1 Å².